The van der Waals surface area contributed by atoms with Crippen molar-refractivity contribution in [2.45, 2.75) is 69.2 Å². The summed E-state index contributed by atoms with van der Waals surface area (Å²) in [5.41, 5.74) is 32.2. The summed E-state index contributed by atoms with van der Waals surface area (Å²) in [6, 6.07) is 129. The van der Waals surface area contributed by atoms with Crippen molar-refractivity contribution in [2.24, 2.45) is 0 Å². The SMILES string of the molecule is CC(=O)C=C(C)O.Cc1ccc(-c2[c-]cccc2)nc1.Cc1ccc(-c2[c-]cccc2)nc1.Cc1ccc(-c2[c-]cccc2)nc1.Cc1ccc(-c2ccnc(-c3[c-]ccc4c3oc3ccccc34)c2)cc1.Cc1ccnc(-c2[c-]ccc3c2oc2ccccc23)c1.Cc1ccnc(-c2[c-]ccc3c2oc2ccccc23)c1.Cc1cnc(-c2[c-]ccc3c2oc2ccccc23)cc1C.[Ir].[Ir].[Ir].[Ir]. The fourth-order valence-electron chi connectivity index (χ4n) is 15.0. The molecule has 0 bridgehead atoms. The largest absolute Gasteiger partial charge is 0.512 e. The number of allylic oxidation sites excluding steroid dienone is 2. The van der Waals surface area contributed by atoms with Crippen LogP contribution in [-0.4, -0.2) is 45.8 Å². The Bertz CT molecular complexity index is 7620. The average molecular weight is 2500 g/mol. The Hall–Kier alpha value is -14.3. The molecule has 0 atom stereocenters. The van der Waals surface area contributed by atoms with Gasteiger partial charge >= 0.3 is 0 Å². The Morgan fingerprint density at radius 3 is 0.861 bits per heavy atom. The van der Waals surface area contributed by atoms with Gasteiger partial charge in [0.15, 0.2) is 5.78 Å². The minimum atomic E-state index is -0.125. The fraction of sp³-hybridized carbons (Fsp3) is 0.0833. The van der Waals surface area contributed by atoms with E-state index in [0.29, 0.717) is 0 Å². The van der Waals surface area contributed by atoms with Crippen molar-refractivity contribution in [3.05, 3.63) is 464 Å². The second kappa shape index (κ2) is 48.8. The maximum Gasteiger partial charge on any atom is 0.155 e. The molecule has 0 aliphatic heterocycles. The van der Waals surface area contributed by atoms with Crippen LogP contribution in [0, 0.1) is 97.9 Å². The molecule has 1 N–H and O–H groups in total. The first-order valence-corrected chi connectivity index (χ1v) is 43.6. The van der Waals surface area contributed by atoms with Crippen LogP contribution in [0.25, 0.3) is 178 Å². The normalized spacial score (nSPS) is 10.6. The molecular weight excluding hydrogens is 2400 g/mol. The van der Waals surface area contributed by atoms with E-state index in [2.05, 4.69) is 209 Å². The van der Waals surface area contributed by atoms with Crippen molar-refractivity contribution >= 4 is 93.5 Å². The number of hydrogen-bond acceptors (Lipinski definition) is 13. The second-order valence-corrected chi connectivity index (χ2v) is 32.0. The van der Waals surface area contributed by atoms with Crippen molar-refractivity contribution in [1.29, 1.82) is 0 Å². The molecule has 17 heteroatoms. The molecule has 0 aliphatic carbocycles. The topological polar surface area (TPSA) is 180 Å². The molecule has 23 aromatic rings. The van der Waals surface area contributed by atoms with Gasteiger partial charge in [-0.15, -0.1) is 180 Å². The third-order valence-electron chi connectivity index (χ3n) is 21.8. The predicted octanol–water partition coefficient (Wildman–Crippen LogP) is 30.6. The molecule has 0 saturated heterocycles. The molecule has 0 spiro atoms. The molecule has 13 nitrogen and oxygen atoms in total. The summed E-state index contributed by atoms with van der Waals surface area (Å²) in [6.07, 6.45) is 14.2. The number of aliphatic hydroxyl groups is 1. The van der Waals surface area contributed by atoms with Crippen LogP contribution in [0.4, 0.5) is 0 Å². The zero-order chi connectivity index (χ0) is 92.1. The van der Waals surface area contributed by atoms with Gasteiger partial charge in [0.05, 0.1) is 28.1 Å². The summed E-state index contributed by atoms with van der Waals surface area (Å²) in [6.45, 7) is 19.3. The van der Waals surface area contributed by atoms with Gasteiger partial charge in [0.1, 0.15) is 22.3 Å². The third-order valence-corrected chi connectivity index (χ3v) is 21.8. The number of carbonyl (C=O) groups is 1. The maximum absolute atomic E-state index is 10.0. The monoisotopic (exact) mass is 2500 g/mol. The van der Waals surface area contributed by atoms with Crippen molar-refractivity contribution in [2.75, 3.05) is 0 Å². The van der Waals surface area contributed by atoms with Crippen molar-refractivity contribution in [1.82, 2.24) is 34.9 Å². The molecule has 23 rings (SSSR count). The van der Waals surface area contributed by atoms with Crippen LogP contribution >= 0.6 is 0 Å². The van der Waals surface area contributed by atoms with Gasteiger partial charge in [-0.05, 0) is 185 Å². The van der Waals surface area contributed by atoms with Crippen LogP contribution in [0.5, 0.6) is 0 Å². The molecule has 11 heterocycles. The summed E-state index contributed by atoms with van der Waals surface area (Å²) in [5, 5.41) is 17.3. The van der Waals surface area contributed by atoms with Crippen LogP contribution in [0.1, 0.15) is 58.4 Å². The van der Waals surface area contributed by atoms with E-state index >= 15 is 0 Å². The van der Waals surface area contributed by atoms with E-state index in [-0.39, 0.29) is 92.0 Å². The summed E-state index contributed by atoms with van der Waals surface area (Å²) in [7, 11) is 0. The average Bonchev–Trinajstić information content (AvgIpc) is 1.65. The van der Waals surface area contributed by atoms with E-state index in [9.17, 15) is 4.79 Å². The molecule has 0 unspecified atom stereocenters. The number of ketones is 1. The number of aromatic nitrogens is 7. The van der Waals surface area contributed by atoms with Crippen molar-refractivity contribution < 1.29 is 108 Å². The number of aryl methyl sites for hydroxylation is 8. The number of aliphatic hydroxyl groups excluding tert-OH is 1. The van der Waals surface area contributed by atoms with Gasteiger partial charge in [-0.1, -0.05) is 224 Å². The number of pyridine rings is 7. The second-order valence-electron chi connectivity index (χ2n) is 32.0. The van der Waals surface area contributed by atoms with Gasteiger partial charge < -0.3 is 57.7 Å². The molecule has 11 aromatic heterocycles. The smallest absolute Gasteiger partial charge is 0.155 e. The first kappa shape index (κ1) is 102. The molecule has 137 heavy (non-hydrogen) atoms. The Kier molecular flexibility index (Phi) is 36.2. The van der Waals surface area contributed by atoms with Crippen LogP contribution in [0.3, 0.4) is 0 Å². The Labute approximate surface area is 851 Å². The fourth-order valence-corrected chi connectivity index (χ4v) is 15.0. The Morgan fingerprint density at radius 1 is 0.263 bits per heavy atom. The van der Waals surface area contributed by atoms with E-state index in [4.69, 9.17) is 22.8 Å². The zero-order valence-corrected chi connectivity index (χ0v) is 86.3. The Balaban J connectivity index is 0.000000143. The van der Waals surface area contributed by atoms with E-state index in [1.807, 2.05) is 289 Å². The number of benzene rings is 12. The number of nitrogens with zero attached hydrogens (tertiary/aromatic N) is 7. The summed E-state index contributed by atoms with van der Waals surface area (Å²) < 4.78 is 24.2. The molecule has 0 aliphatic rings. The molecular formula is C120H92Ir4N7O6-7. The molecule has 4 radical (unpaired) electrons. The summed E-state index contributed by atoms with van der Waals surface area (Å²) >= 11 is 0. The van der Waals surface area contributed by atoms with Gasteiger partial charge in [0, 0.05) is 151 Å². The van der Waals surface area contributed by atoms with Gasteiger partial charge in [0.25, 0.3) is 0 Å². The van der Waals surface area contributed by atoms with Crippen LogP contribution < -0.4 is 0 Å². The van der Waals surface area contributed by atoms with Crippen LogP contribution in [0.2, 0.25) is 0 Å². The first-order chi connectivity index (χ1) is 64.9. The quantitative estimate of drug-likeness (QED) is 0.0820. The Morgan fingerprint density at radius 2 is 0.569 bits per heavy atom. The number of carbonyl (C=O) groups excluding carboxylic acids is 1. The van der Waals surface area contributed by atoms with Gasteiger partial charge in [-0.2, -0.15) is 0 Å². The number of fused-ring (bicyclic) bond motifs is 12. The predicted molar refractivity (Wildman–Crippen MR) is 539 cm³/mol. The van der Waals surface area contributed by atoms with Gasteiger partial charge in [-0.3, -0.25) is 4.79 Å². The first-order valence-electron chi connectivity index (χ1n) is 43.6. The number of hydrogen-bond donors (Lipinski definition) is 1. The maximum atomic E-state index is 10.0. The van der Waals surface area contributed by atoms with Gasteiger partial charge in [-0.25, -0.2) is 0 Å². The van der Waals surface area contributed by atoms with E-state index in [1.54, 1.807) is 0 Å². The molecule has 686 valence electrons. The van der Waals surface area contributed by atoms with Gasteiger partial charge in [0.2, 0.25) is 0 Å². The molecule has 12 aromatic carbocycles. The molecule has 0 amide bonds. The minimum absolute atomic E-state index is 0. The number of para-hydroxylation sites is 4. The summed E-state index contributed by atoms with van der Waals surface area (Å²) in [5.74, 6) is -0.0625. The van der Waals surface area contributed by atoms with Crippen LogP contribution in [0.15, 0.2) is 394 Å². The van der Waals surface area contributed by atoms with E-state index in [0.717, 1.165) is 172 Å². The number of furan rings is 4. The third kappa shape index (κ3) is 25.7. The minimum Gasteiger partial charge on any atom is -0.512 e. The zero-order valence-electron chi connectivity index (χ0n) is 76.7. The van der Waals surface area contributed by atoms with Crippen molar-refractivity contribution in [3.63, 3.8) is 0 Å². The van der Waals surface area contributed by atoms with E-state index < -0.39 is 0 Å². The number of rotatable bonds is 9. The summed E-state index contributed by atoms with van der Waals surface area (Å²) in [4.78, 5) is 41.0. The molecule has 0 saturated carbocycles. The van der Waals surface area contributed by atoms with Crippen LogP contribution in [-0.2, 0) is 85.2 Å². The standard InChI is InChI=1S/C24H16NO.C19H14NO.2C18H12NO.3C12H10N.C5H8O2.4Ir/c1-16-9-11-17(12-10-16)18-13-14-25-22(15-18)21-7-4-6-20-19-5-2-3-8-23(19)26-24(20)21;1-12-10-17(20-11-13(12)2)16-8-5-7-15-14-6-3-4-9-18(14)21-19(15)16;2*1-12-9-10-19-16(11-12)15-7-4-6-14-13-5-2-3-8-17(13)20-18(14)15;3*1-10-7-8-12(13-9-10)11-5-3-2-4-6-11;1-4(6)3-5(2)7;;;;/h2-6,8-15H,1H3;3-7,9-11H,1-2H3;2*2-6,8-11H,1H3;3*2-5,7-9H,1H3;3,6H,1-2H3;;;;/q7*-1;;;;;. The van der Waals surface area contributed by atoms with E-state index in [1.165, 1.54) is 70.0 Å². The van der Waals surface area contributed by atoms with Crippen molar-refractivity contribution in [3.8, 4) is 89.9 Å². The molecule has 0 fully saturated rings.